The second kappa shape index (κ2) is 10.4. The van der Waals surface area contributed by atoms with Gasteiger partial charge in [0, 0.05) is 10.7 Å². The SMILES string of the molecule is COc1ccc(Cl)cc1/C(O)=C1\C(=O)C(=O)N(c2ccc(F)cc2)C1c1cc(OC)c(OC)c(OC)c1. The summed E-state index contributed by atoms with van der Waals surface area (Å²) in [7, 11) is 5.69. The minimum Gasteiger partial charge on any atom is -0.507 e. The van der Waals surface area contributed by atoms with Crippen LogP contribution in [0.5, 0.6) is 23.0 Å². The Balaban J connectivity index is 2.05. The number of aliphatic hydroxyl groups is 1. The van der Waals surface area contributed by atoms with Crippen LogP contribution in [0.3, 0.4) is 0 Å². The lowest BCUT2D eigenvalue weighted by atomic mass is 9.94. The molecule has 1 atom stereocenters. The number of amides is 1. The highest BCUT2D eigenvalue weighted by Gasteiger charge is 2.47. The number of aliphatic hydroxyl groups excluding tert-OH is 1. The van der Waals surface area contributed by atoms with Crippen LogP contribution < -0.4 is 23.8 Å². The molecule has 0 aliphatic carbocycles. The van der Waals surface area contributed by atoms with Gasteiger partial charge in [-0.2, -0.15) is 0 Å². The second-order valence-electron chi connectivity index (χ2n) is 7.95. The maximum absolute atomic E-state index is 13.7. The van der Waals surface area contributed by atoms with Crippen LogP contribution in [0.4, 0.5) is 10.1 Å². The van der Waals surface area contributed by atoms with E-state index in [-0.39, 0.29) is 39.1 Å². The van der Waals surface area contributed by atoms with E-state index in [1.54, 1.807) is 18.2 Å². The Bertz CT molecular complexity index is 1380. The van der Waals surface area contributed by atoms with E-state index in [0.29, 0.717) is 11.3 Å². The zero-order valence-electron chi connectivity index (χ0n) is 20.4. The summed E-state index contributed by atoms with van der Waals surface area (Å²) in [5.74, 6) is -1.84. The molecule has 37 heavy (non-hydrogen) atoms. The van der Waals surface area contributed by atoms with Gasteiger partial charge in [-0.05, 0) is 60.2 Å². The quantitative estimate of drug-likeness (QED) is 0.258. The molecule has 192 valence electrons. The Hall–Kier alpha value is -4.24. The molecule has 0 radical (unpaired) electrons. The molecule has 1 aliphatic heterocycles. The van der Waals surface area contributed by atoms with E-state index in [4.69, 9.17) is 30.5 Å². The van der Waals surface area contributed by atoms with Crippen molar-refractivity contribution in [1.29, 1.82) is 0 Å². The van der Waals surface area contributed by atoms with Crippen LogP contribution in [0, 0.1) is 5.82 Å². The molecule has 1 saturated heterocycles. The number of carbonyl (C=O) groups excluding carboxylic acids is 2. The highest BCUT2D eigenvalue weighted by Crippen LogP contribution is 2.47. The van der Waals surface area contributed by atoms with E-state index in [9.17, 15) is 19.1 Å². The standard InChI is InChI=1S/C27H23ClFNO7/c1-34-19-10-5-15(28)13-18(19)24(31)22-23(14-11-20(35-2)26(37-4)21(12-14)36-3)30(27(33)25(22)32)17-8-6-16(29)7-9-17/h5-13,23,31H,1-4H3/b24-22+. The average Bonchev–Trinajstić information content (AvgIpc) is 3.17. The van der Waals surface area contributed by atoms with Gasteiger partial charge in [-0.25, -0.2) is 4.39 Å². The van der Waals surface area contributed by atoms with E-state index in [1.807, 2.05) is 0 Å². The van der Waals surface area contributed by atoms with Gasteiger partial charge in [-0.15, -0.1) is 0 Å². The Labute approximate surface area is 217 Å². The Morgan fingerprint density at radius 1 is 0.865 bits per heavy atom. The van der Waals surface area contributed by atoms with E-state index in [0.717, 1.165) is 0 Å². The Morgan fingerprint density at radius 3 is 2.00 bits per heavy atom. The van der Waals surface area contributed by atoms with Crippen molar-refractivity contribution in [3.05, 3.63) is 82.1 Å². The molecular formula is C27H23ClFNO7. The molecule has 1 unspecified atom stereocenters. The molecule has 0 saturated carbocycles. The molecular weight excluding hydrogens is 505 g/mol. The lowest BCUT2D eigenvalue weighted by Gasteiger charge is -2.26. The number of halogens is 2. The van der Waals surface area contributed by atoms with Gasteiger partial charge in [0.05, 0.1) is 45.6 Å². The number of hydrogen-bond donors (Lipinski definition) is 1. The van der Waals surface area contributed by atoms with Crippen molar-refractivity contribution in [2.24, 2.45) is 0 Å². The fourth-order valence-electron chi connectivity index (χ4n) is 4.29. The molecule has 1 heterocycles. The monoisotopic (exact) mass is 527 g/mol. The summed E-state index contributed by atoms with van der Waals surface area (Å²) in [4.78, 5) is 28.0. The number of benzene rings is 3. The van der Waals surface area contributed by atoms with Crippen molar-refractivity contribution in [2.45, 2.75) is 6.04 Å². The smallest absolute Gasteiger partial charge is 0.300 e. The number of Topliss-reactive ketones (excluding diaryl/α,β-unsaturated/α-hetero) is 1. The number of hydrogen-bond acceptors (Lipinski definition) is 7. The maximum Gasteiger partial charge on any atom is 0.300 e. The zero-order valence-corrected chi connectivity index (χ0v) is 21.1. The minimum atomic E-state index is -1.15. The average molecular weight is 528 g/mol. The summed E-state index contributed by atoms with van der Waals surface area (Å²) in [6.07, 6.45) is 0. The number of rotatable bonds is 7. The van der Waals surface area contributed by atoms with E-state index < -0.39 is 29.3 Å². The van der Waals surface area contributed by atoms with Gasteiger partial charge in [0.2, 0.25) is 5.75 Å². The van der Waals surface area contributed by atoms with Crippen LogP contribution in [-0.4, -0.2) is 45.2 Å². The summed E-state index contributed by atoms with van der Waals surface area (Å²) >= 11 is 6.16. The van der Waals surface area contributed by atoms with Gasteiger partial charge < -0.3 is 24.1 Å². The first-order valence-corrected chi connectivity index (χ1v) is 11.3. The van der Waals surface area contributed by atoms with Crippen molar-refractivity contribution >= 4 is 34.7 Å². The number of carbonyl (C=O) groups is 2. The number of anilines is 1. The van der Waals surface area contributed by atoms with E-state index in [2.05, 4.69) is 0 Å². The highest BCUT2D eigenvalue weighted by atomic mass is 35.5. The molecule has 1 fully saturated rings. The maximum atomic E-state index is 13.7. The highest BCUT2D eigenvalue weighted by molar-refractivity contribution is 6.51. The second-order valence-corrected chi connectivity index (χ2v) is 8.39. The Kier molecular flexibility index (Phi) is 7.26. The molecule has 1 amide bonds. The molecule has 0 bridgehead atoms. The first-order valence-electron chi connectivity index (χ1n) is 11.0. The van der Waals surface area contributed by atoms with Gasteiger partial charge >= 0.3 is 0 Å². The normalized spacial score (nSPS) is 16.6. The van der Waals surface area contributed by atoms with Crippen molar-refractivity contribution < 1.29 is 38.0 Å². The number of ether oxygens (including phenoxy) is 4. The predicted molar refractivity (Wildman–Crippen MR) is 135 cm³/mol. The van der Waals surface area contributed by atoms with Crippen molar-refractivity contribution in [1.82, 2.24) is 0 Å². The van der Waals surface area contributed by atoms with Crippen molar-refractivity contribution in [3.8, 4) is 23.0 Å². The molecule has 1 aliphatic rings. The summed E-state index contributed by atoms with van der Waals surface area (Å²) in [6, 6.07) is 11.6. The summed E-state index contributed by atoms with van der Waals surface area (Å²) in [6.45, 7) is 0. The lowest BCUT2D eigenvalue weighted by molar-refractivity contribution is -0.132. The zero-order chi connectivity index (χ0) is 26.9. The van der Waals surface area contributed by atoms with E-state index >= 15 is 0 Å². The third-order valence-electron chi connectivity index (χ3n) is 5.97. The molecule has 4 rings (SSSR count). The summed E-state index contributed by atoms with van der Waals surface area (Å²) < 4.78 is 35.4. The molecule has 0 aromatic heterocycles. The van der Waals surface area contributed by atoms with Crippen LogP contribution in [0.2, 0.25) is 5.02 Å². The third-order valence-corrected chi connectivity index (χ3v) is 6.20. The largest absolute Gasteiger partial charge is 0.507 e. The van der Waals surface area contributed by atoms with Gasteiger partial charge in [0.1, 0.15) is 17.3 Å². The Morgan fingerprint density at radius 2 is 1.46 bits per heavy atom. The first-order chi connectivity index (χ1) is 17.7. The molecule has 10 heteroatoms. The topological polar surface area (TPSA) is 94.5 Å². The predicted octanol–water partition coefficient (Wildman–Crippen LogP) is 5.14. The minimum absolute atomic E-state index is 0.115. The summed E-state index contributed by atoms with van der Waals surface area (Å²) in [5.41, 5.74) is 0.480. The van der Waals surface area contributed by atoms with Gasteiger partial charge in [-0.3, -0.25) is 14.5 Å². The number of methoxy groups -OCH3 is 4. The number of nitrogens with zero attached hydrogens (tertiary/aromatic N) is 1. The first kappa shape index (κ1) is 25.8. The third kappa shape index (κ3) is 4.53. The van der Waals surface area contributed by atoms with Gasteiger partial charge in [0.15, 0.2) is 11.5 Å². The van der Waals surface area contributed by atoms with Crippen molar-refractivity contribution in [2.75, 3.05) is 33.3 Å². The lowest BCUT2D eigenvalue weighted by Crippen LogP contribution is -2.29. The number of ketones is 1. The van der Waals surface area contributed by atoms with Crippen LogP contribution in [-0.2, 0) is 9.59 Å². The van der Waals surface area contributed by atoms with E-state index in [1.165, 1.54) is 69.7 Å². The van der Waals surface area contributed by atoms with Crippen molar-refractivity contribution in [3.63, 3.8) is 0 Å². The fraction of sp³-hybridized carbons (Fsp3) is 0.185. The van der Waals surface area contributed by atoms with Crippen LogP contribution >= 0.6 is 11.6 Å². The fourth-order valence-corrected chi connectivity index (χ4v) is 4.46. The van der Waals surface area contributed by atoms with Crippen LogP contribution in [0.1, 0.15) is 17.2 Å². The van der Waals surface area contributed by atoms with Crippen LogP contribution in [0.15, 0.2) is 60.2 Å². The molecule has 8 nitrogen and oxygen atoms in total. The van der Waals surface area contributed by atoms with Gasteiger partial charge in [-0.1, -0.05) is 11.6 Å². The molecule has 3 aromatic rings. The van der Waals surface area contributed by atoms with Gasteiger partial charge in [0.25, 0.3) is 11.7 Å². The van der Waals surface area contributed by atoms with Crippen LogP contribution in [0.25, 0.3) is 5.76 Å². The molecule has 1 N–H and O–H groups in total. The molecule has 3 aromatic carbocycles. The summed E-state index contributed by atoms with van der Waals surface area (Å²) in [5, 5.41) is 11.7. The molecule has 0 spiro atoms.